The smallest absolute Gasteiger partial charge is 0.136 e. The largest absolute Gasteiger partial charge is 0.360 e. The average Bonchev–Trinajstić information content (AvgIpc) is 3.47. The van der Waals surface area contributed by atoms with Gasteiger partial charge in [0, 0.05) is 51.2 Å². The third kappa shape index (κ3) is 4.58. The molecule has 0 aliphatic rings. The molecule has 0 atom stereocenters. The SMILES string of the molecule is CCn1c2ccccc2c2cc(NC=C(C#N)c3nc(-c4ccc(CC(C)C)cc4)cs3)ccc21. The number of nitrogens with zero attached hydrogens (tertiary/aromatic N) is 3. The molecule has 0 unspecified atom stereocenters. The number of aryl methyl sites for hydroxylation is 1. The van der Waals surface area contributed by atoms with Crippen LogP contribution in [0, 0.1) is 17.2 Å². The lowest BCUT2D eigenvalue weighted by Crippen LogP contribution is -1.94. The van der Waals surface area contributed by atoms with Crippen LogP contribution in [-0.2, 0) is 13.0 Å². The maximum absolute atomic E-state index is 9.81. The molecule has 0 saturated carbocycles. The van der Waals surface area contributed by atoms with Crippen molar-refractivity contribution in [1.82, 2.24) is 9.55 Å². The second-order valence-electron chi connectivity index (χ2n) is 9.14. The fraction of sp³-hybridized carbons (Fsp3) is 0.200. The zero-order chi connectivity index (χ0) is 24.4. The summed E-state index contributed by atoms with van der Waals surface area (Å²) in [5.74, 6) is 0.633. The fourth-order valence-electron chi connectivity index (χ4n) is 4.59. The Kier molecular flexibility index (Phi) is 6.39. The van der Waals surface area contributed by atoms with Crippen LogP contribution in [0.1, 0.15) is 31.3 Å². The summed E-state index contributed by atoms with van der Waals surface area (Å²) in [6.07, 6.45) is 2.83. The number of rotatable bonds is 7. The van der Waals surface area contributed by atoms with Gasteiger partial charge in [-0.3, -0.25) is 0 Å². The highest BCUT2D eigenvalue weighted by Gasteiger charge is 2.11. The highest BCUT2D eigenvalue weighted by atomic mass is 32.1. The Morgan fingerprint density at radius 2 is 1.83 bits per heavy atom. The Bertz CT molecular complexity index is 1560. The first-order chi connectivity index (χ1) is 17.1. The number of para-hydroxylation sites is 1. The third-order valence-electron chi connectivity index (χ3n) is 6.22. The number of hydrogen-bond donors (Lipinski definition) is 1. The van der Waals surface area contributed by atoms with E-state index in [1.165, 1.54) is 38.7 Å². The number of thiazole rings is 1. The van der Waals surface area contributed by atoms with E-state index in [1.54, 1.807) is 6.20 Å². The minimum atomic E-state index is 0.522. The van der Waals surface area contributed by atoms with E-state index >= 15 is 0 Å². The molecular formula is C30H28N4S. The molecule has 4 nitrogen and oxygen atoms in total. The maximum Gasteiger partial charge on any atom is 0.136 e. The topological polar surface area (TPSA) is 53.6 Å². The quantitative estimate of drug-likeness (QED) is 0.241. The first kappa shape index (κ1) is 22.9. The summed E-state index contributed by atoms with van der Waals surface area (Å²) in [4.78, 5) is 4.74. The van der Waals surface area contributed by atoms with Crippen LogP contribution < -0.4 is 5.32 Å². The summed E-state index contributed by atoms with van der Waals surface area (Å²) in [6, 6.07) is 25.7. The van der Waals surface area contributed by atoms with Crippen LogP contribution in [0.3, 0.4) is 0 Å². The van der Waals surface area contributed by atoms with Crippen molar-refractivity contribution in [2.75, 3.05) is 5.32 Å². The van der Waals surface area contributed by atoms with Crippen molar-refractivity contribution >= 4 is 44.4 Å². The summed E-state index contributed by atoms with van der Waals surface area (Å²) in [5, 5.41) is 18.3. The molecule has 35 heavy (non-hydrogen) atoms. The van der Waals surface area contributed by atoms with E-state index in [0.29, 0.717) is 16.5 Å². The number of anilines is 1. The average molecular weight is 477 g/mol. The Labute approximate surface area is 210 Å². The van der Waals surface area contributed by atoms with Crippen LogP contribution in [0.2, 0.25) is 0 Å². The van der Waals surface area contributed by atoms with Gasteiger partial charge in [0.05, 0.1) is 5.69 Å². The molecule has 5 heteroatoms. The van der Waals surface area contributed by atoms with Crippen molar-refractivity contribution in [1.29, 1.82) is 5.26 Å². The second-order valence-corrected chi connectivity index (χ2v) is 10.00. The first-order valence-corrected chi connectivity index (χ1v) is 12.9. The molecule has 0 amide bonds. The molecule has 5 rings (SSSR count). The highest BCUT2D eigenvalue weighted by molar-refractivity contribution is 7.11. The normalized spacial score (nSPS) is 11.9. The van der Waals surface area contributed by atoms with E-state index in [0.717, 1.165) is 29.9 Å². The number of nitriles is 1. The third-order valence-corrected chi connectivity index (χ3v) is 7.10. The van der Waals surface area contributed by atoms with Crippen LogP contribution >= 0.6 is 11.3 Å². The van der Waals surface area contributed by atoms with Crippen molar-refractivity contribution in [3.05, 3.63) is 88.9 Å². The van der Waals surface area contributed by atoms with Gasteiger partial charge in [-0.15, -0.1) is 11.3 Å². The van der Waals surface area contributed by atoms with Gasteiger partial charge in [0.15, 0.2) is 0 Å². The van der Waals surface area contributed by atoms with Crippen molar-refractivity contribution in [2.45, 2.75) is 33.7 Å². The van der Waals surface area contributed by atoms with E-state index in [2.05, 4.69) is 103 Å². The molecule has 2 heterocycles. The van der Waals surface area contributed by atoms with E-state index in [4.69, 9.17) is 4.98 Å². The molecule has 0 saturated heterocycles. The van der Waals surface area contributed by atoms with E-state index in [-0.39, 0.29) is 0 Å². The minimum Gasteiger partial charge on any atom is -0.360 e. The van der Waals surface area contributed by atoms with Crippen molar-refractivity contribution in [3.63, 3.8) is 0 Å². The fourth-order valence-corrected chi connectivity index (χ4v) is 5.39. The molecule has 0 fully saturated rings. The van der Waals surface area contributed by atoms with Crippen LogP contribution in [0.25, 0.3) is 38.6 Å². The summed E-state index contributed by atoms with van der Waals surface area (Å²) in [5.41, 5.74) is 7.23. The monoisotopic (exact) mass is 476 g/mol. The standard InChI is InChI=1S/C30H28N4S/c1-4-34-28-8-6-5-7-25(28)26-16-24(13-14-29(26)34)32-18-23(17-31)30-33-27(19-35-30)22-11-9-21(10-12-22)15-20(2)3/h5-14,16,18-20,32H,4,15H2,1-3H3. The van der Waals surface area contributed by atoms with Gasteiger partial charge in [0.25, 0.3) is 0 Å². The van der Waals surface area contributed by atoms with Crippen LogP contribution in [0.5, 0.6) is 0 Å². The number of allylic oxidation sites excluding steroid dienone is 1. The van der Waals surface area contributed by atoms with Gasteiger partial charge >= 0.3 is 0 Å². The van der Waals surface area contributed by atoms with Crippen molar-refractivity contribution < 1.29 is 0 Å². The van der Waals surface area contributed by atoms with Crippen molar-refractivity contribution in [2.24, 2.45) is 5.92 Å². The summed E-state index contributed by atoms with van der Waals surface area (Å²) >= 11 is 1.49. The summed E-state index contributed by atoms with van der Waals surface area (Å²) in [6.45, 7) is 7.54. The predicted molar refractivity (Wildman–Crippen MR) is 148 cm³/mol. The van der Waals surface area contributed by atoms with Gasteiger partial charge in [-0.25, -0.2) is 4.98 Å². The second kappa shape index (κ2) is 9.77. The Morgan fingerprint density at radius 3 is 2.57 bits per heavy atom. The van der Waals surface area contributed by atoms with Gasteiger partial charge in [-0.1, -0.05) is 56.3 Å². The van der Waals surface area contributed by atoms with E-state index in [9.17, 15) is 5.26 Å². The molecular weight excluding hydrogens is 448 g/mol. The van der Waals surface area contributed by atoms with Gasteiger partial charge in [0.2, 0.25) is 0 Å². The van der Waals surface area contributed by atoms with Crippen molar-refractivity contribution in [3.8, 4) is 17.3 Å². The van der Waals surface area contributed by atoms with Gasteiger partial charge < -0.3 is 9.88 Å². The number of fused-ring (bicyclic) bond motifs is 3. The zero-order valence-electron chi connectivity index (χ0n) is 20.2. The number of hydrogen-bond acceptors (Lipinski definition) is 4. The summed E-state index contributed by atoms with van der Waals surface area (Å²) in [7, 11) is 0. The lowest BCUT2D eigenvalue weighted by molar-refractivity contribution is 0.647. The lowest BCUT2D eigenvalue weighted by atomic mass is 10.0. The van der Waals surface area contributed by atoms with E-state index in [1.807, 2.05) is 5.38 Å². The minimum absolute atomic E-state index is 0.522. The first-order valence-electron chi connectivity index (χ1n) is 12.0. The molecule has 0 radical (unpaired) electrons. The number of nitrogens with one attached hydrogen (secondary N) is 1. The number of benzene rings is 3. The van der Waals surface area contributed by atoms with Crippen LogP contribution in [-0.4, -0.2) is 9.55 Å². The van der Waals surface area contributed by atoms with Crippen LogP contribution in [0.4, 0.5) is 5.69 Å². The van der Waals surface area contributed by atoms with Gasteiger partial charge in [-0.05, 0) is 49.1 Å². The molecule has 0 spiro atoms. The Hall–Kier alpha value is -3.88. The molecule has 0 aliphatic heterocycles. The van der Waals surface area contributed by atoms with E-state index < -0.39 is 0 Å². The van der Waals surface area contributed by atoms with Gasteiger partial charge in [0.1, 0.15) is 16.6 Å². The molecule has 0 aliphatic carbocycles. The van der Waals surface area contributed by atoms with Gasteiger partial charge in [-0.2, -0.15) is 5.26 Å². The molecule has 0 bridgehead atoms. The molecule has 1 N–H and O–H groups in total. The maximum atomic E-state index is 9.81. The number of aromatic nitrogens is 2. The Balaban J connectivity index is 1.39. The molecule has 3 aromatic carbocycles. The Morgan fingerprint density at radius 1 is 1.06 bits per heavy atom. The lowest BCUT2D eigenvalue weighted by Gasteiger charge is -2.05. The molecule has 5 aromatic rings. The zero-order valence-corrected chi connectivity index (χ0v) is 21.1. The summed E-state index contributed by atoms with van der Waals surface area (Å²) < 4.78 is 2.33. The molecule has 174 valence electrons. The molecule has 2 aromatic heterocycles. The predicted octanol–water partition coefficient (Wildman–Crippen LogP) is 8.11. The van der Waals surface area contributed by atoms with Crippen LogP contribution in [0.15, 0.2) is 78.3 Å². The highest BCUT2D eigenvalue weighted by Crippen LogP contribution is 2.31.